The van der Waals surface area contributed by atoms with Crippen molar-refractivity contribution in [2.24, 2.45) is 28.4 Å². The standard InChI is InChI=1S/C11H20N4/c12-11(13)15-14-10-7-3-6-9(10)8-4-1-2-5-8/h7-9,14H,1-6H2,(H4,12,13,15). The molecule has 0 aromatic heterocycles. The number of nitrogens with zero attached hydrogens (tertiary/aromatic N) is 1. The fourth-order valence-electron chi connectivity index (χ4n) is 2.83. The molecule has 2 aliphatic carbocycles. The van der Waals surface area contributed by atoms with E-state index in [2.05, 4.69) is 16.6 Å². The van der Waals surface area contributed by atoms with Crippen LogP contribution in [0.3, 0.4) is 0 Å². The van der Waals surface area contributed by atoms with E-state index in [1.165, 1.54) is 37.8 Å². The number of nitrogens with two attached hydrogens (primary N) is 2. The summed E-state index contributed by atoms with van der Waals surface area (Å²) in [5.74, 6) is 1.61. The summed E-state index contributed by atoms with van der Waals surface area (Å²) in [7, 11) is 0. The molecule has 5 N–H and O–H groups in total. The third-order valence-corrected chi connectivity index (χ3v) is 3.52. The lowest BCUT2D eigenvalue weighted by molar-refractivity contribution is 0.370. The van der Waals surface area contributed by atoms with Crippen LogP contribution in [0.5, 0.6) is 0 Å². The Morgan fingerprint density at radius 1 is 1.27 bits per heavy atom. The van der Waals surface area contributed by atoms with E-state index in [4.69, 9.17) is 11.5 Å². The van der Waals surface area contributed by atoms with Gasteiger partial charge in [-0.05, 0) is 31.6 Å². The lowest BCUT2D eigenvalue weighted by Gasteiger charge is -2.21. The van der Waals surface area contributed by atoms with Crippen LogP contribution < -0.4 is 16.9 Å². The third kappa shape index (κ3) is 2.43. The summed E-state index contributed by atoms with van der Waals surface area (Å²) in [5, 5.41) is 3.88. The monoisotopic (exact) mass is 208 g/mol. The topological polar surface area (TPSA) is 76.4 Å². The Morgan fingerprint density at radius 2 is 2.00 bits per heavy atom. The second-order valence-electron chi connectivity index (χ2n) is 4.54. The van der Waals surface area contributed by atoms with Crippen LogP contribution in [0.1, 0.15) is 38.5 Å². The van der Waals surface area contributed by atoms with Crippen molar-refractivity contribution >= 4 is 5.96 Å². The zero-order valence-electron chi connectivity index (χ0n) is 9.08. The molecule has 1 atom stereocenters. The van der Waals surface area contributed by atoms with Gasteiger partial charge in [-0.1, -0.05) is 18.9 Å². The Bertz CT molecular complexity index is 272. The van der Waals surface area contributed by atoms with Crippen LogP contribution in [0, 0.1) is 11.8 Å². The zero-order chi connectivity index (χ0) is 10.7. The summed E-state index contributed by atoms with van der Waals surface area (Å²) >= 11 is 0. The number of rotatable bonds is 3. The van der Waals surface area contributed by atoms with Crippen LogP contribution >= 0.6 is 0 Å². The van der Waals surface area contributed by atoms with Crippen molar-refractivity contribution in [3.63, 3.8) is 0 Å². The fourth-order valence-corrected chi connectivity index (χ4v) is 2.83. The molecule has 0 heterocycles. The average molecular weight is 208 g/mol. The zero-order valence-corrected chi connectivity index (χ0v) is 9.08. The lowest BCUT2D eigenvalue weighted by Crippen LogP contribution is -2.28. The predicted molar refractivity (Wildman–Crippen MR) is 61.7 cm³/mol. The van der Waals surface area contributed by atoms with E-state index >= 15 is 0 Å². The van der Waals surface area contributed by atoms with Gasteiger partial charge < -0.3 is 11.5 Å². The quantitative estimate of drug-likeness (QED) is 0.371. The number of hydrogen-bond donors (Lipinski definition) is 3. The number of guanidine groups is 1. The normalized spacial score (nSPS) is 26.4. The van der Waals surface area contributed by atoms with E-state index in [0.29, 0.717) is 5.92 Å². The van der Waals surface area contributed by atoms with Gasteiger partial charge in [0.2, 0.25) is 5.96 Å². The highest BCUT2D eigenvalue weighted by molar-refractivity contribution is 5.75. The highest BCUT2D eigenvalue weighted by Crippen LogP contribution is 2.39. The van der Waals surface area contributed by atoms with Gasteiger partial charge in [-0.2, -0.15) is 0 Å². The summed E-state index contributed by atoms with van der Waals surface area (Å²) < 4.78 is 0. The first-order chi connectivity index (χ1) is 7.27. The van der Waals surface area contributed by atoms with E-state index < -0.39 is 0 Å². The van der Waals surface area contributed by atoms with Gasteiger partial charge in [-0.15, -0.1) is 5.10 Å². The Balaban J connectivity index is 1.94. The molecule has 84 valence electrons. The van der Waals surface area contributed by atoms with Gasteiger partial charge >= 0.3 is 0 Å². The maximum absolute atomic E-state index is 5.31. The molecule has 0 radical (unpaired) electrons. The highest BCUT2D eigenvalue weighted by Gasteiger charge is 2.30. The minimum absolute atomic E-state index is 0.105. The molecule has 0 spiro atoms. The molecule has 0 saturated heterocycles. The van der Waals surface area contributed by atoms with Crippen LogP contribution in [0.2, 0.25) is 0 Å². The van der Waals surface area contributed by atoms with Crippen molar-refractivity contribution in [3.05, 3.63) is 11.8 Å². The molecule has 1 saturated carbocycles. The van der Waals surface area contributed by atoms with Crippen LogP contribution in [0.4, 0.5) is 0 Å². The van der Waals surface area contributed by atoms with E-state index in [0.717, 1.165) is 12.3 Å². The van der Waals surface area contributed by atoms with Gasteiger partial charge in [-0.3, -0.25) is 5.43 Å². The number of allylic oxidation sites excluding steroid dienone is 2. The van der Waals surface area contributed by atoms with Gasteiger partial charge in [0.05, 0.1) is 0 Å². The minimum Gasteiger partial charge on any atom is -0.369 e. The van der Waals surface area contributed by atoms with Crippen molar-refractivity contribution < 1.29 is 0 Å². The molecule has 15 heavy (non-hydrogen) atoms. The number of hydrazone groups is 1. The van der Waals surface area contributed by atoms with Gasteiger partial charge in [0.15, 0.2) is 0 Å². The summed E-state index contributed by atoms with van der Waals surface area (Å²) in [6.45, 7) is 0. The van der Waals surface area contributed by atoms with Crippen LogP contribution in [-0.4, -0.2) is 5.96 Å². The van der Waals surface area contributed by atoms with Crippen LogP contribution in [0.25, 0.3) is 0 Å². The molecule has 0 aliphatic heterocycles. The molecule has 2 aliphatic rings. The Hall–Kier alpha value is -1.19. The van der Waals surface area contributed by atoms with Crippen molar-refractivity contribution in [2.75, 3.05) is 0 Å². The summed E-state index contributed by atoms with van der Waals surface area (Å²) in [6, 6.07) is 0. The van der Waals surface area contributed by atoms with Gasteiger partial charge in [0.1, 0.15) is 0 Å². The van der Waals surface area contributed by atoms with E-state index in [-0.39, 0.29) is 5.96 Å². The summed E-state index contributed by atoms with van der Waals surface area (Å²) in [5.41, 5.74) is 14.9. The molecule has 4 heteroatoms. The Labute approximate surface area is 90.8 Å². The first-order valence-electron chi connectivity index (χ1n) is 5.82. The summed E-state index contributed by atoms with van der Waals surface area (Å²) in [4.78, 5) is 0. The van der Waals surface area contributed by atoms with Crippen LogP contribution in [-0.2, 0) is 0 Å². The molecule has 0 aromatic rings. The molecule has 4 nitrogen and oxygen atoms in total. The minimum atomic E-state index is 0.105. The summed E-state index contributed by atoms with van der Waals surface area (Å²) in [6.07, 6.45) is 10.1. The molecule has 2 rings (SSSR count). The van der Waals surface area contributed by atoms with E-state index in [1.807, 2.05) is 0 Å². The average Bonchev–Trinajstić information content (AvgIpc) is 2.85. The second-order valence-corrected chi connectivity index (χ2v) is 4.54. The number of nitrogens with one attached hydrogen (secondary N) is 1. The Kier molecular flexibility index (Phi) is 3.14. The fraction of sp³-hybridized carbons (Fsp3) is 0.727. The van der Waals surface area contributed by atoms with Crippen molar-refractivity contribution in [1.29, 1.82) is 0 Å². The van der Waals surface area contributed by atoms with Crippen LogP contribution in [0.15, 0.2) is 16.9 Å². The van der Waals surface area contributed by atoms with Crippen molar-refractivity contribution in [3.8, 4) is 0 Å². The molecule has 0 bridgehead atoms. The Morgan fingerprint density at radius 3 is 2.67 bits per heavy atom. The number of hydrogen-bond acceptors (Lipinski definition) is 2. The van der Waals surface area contributed by atoms with Gasteiger partial charge in [0.25, 0.3) is 0 Å². The van der Waals surface area contributed by atoms with Crippen molar-refractivity contribution in [1.82, 2.24) is 5.43 Å². The molecule has 1 unspecified atom stereocenters. The maximum Gasteiger partial charge on any atom is 0.208 e. The van der Waals surface area contributed by atoms with Gasteiger partial charge in [-0.25, -0.2) is 0 Å². The molecule has 0 aromatic carbocycles. The van der Waals surface area contributed by atoms with E-state index in [1.54, 1.807) is 0 Å². The third-order valence-electron chi connectivity index (χ3n) is 3.52. The molecular weight excluding hydrogens is 188 g/mol. The second kappa shape index (κ2) is 4.55. The maximum atomic E-state index is 5.31. The SMILES string of the molecule is NC(N)=NNC1=CCCC1C1CCCC1. The van der Waals surface area contributed by atoms with E-state index in [9.17, 15) is 0 Å². The molecule has 0 amide bonds. The molecule has 1 fully saturated rings. The van der Waals surface area contributed by atoms with Gasteiger partial charge in [0, 0.05) is 11.6 Å². The predicted octanol–water partition coefficient (Wildman–Crippen LogP) is 1.25. The lowest BCUT2D eigenvalue weighted by atomic mass is 9.89. The smallest absolute Gasteiger partial charge is 0.208 e. The first-order valence-corrected chi connectivity index (χ1v) is 5.82. The first kappa shape index (κ1) is 10.3. The van der Waals surface area contributed by atoms with Crippen molar-refractivity contribution in [2.45, 2.75) is 38.5 Å². The largest absolute Gasteiger partial charge is 0.369 e. The highest BCUT2D eigenvalue weighted by atomic mass is 15.3. The molecular formula is C11H20N4.